The summed E-state index contributed by atoms with van der Waals surface area (Å²) in [6, 6.07) is 14.2. The minimum atomic E-state index is -3.53. The number of ether oxygens (including phenoxy) is 1. The second-order valence-corrected chi connectivity index (χ2v) is 8.35. The van der Waals surface area contributed by atoms with E-state index in [1.54, 1.807) is 30.3 Å². The molecule has 27 heavy (non-hydrogen) atoms. The first-order chi connectivity index (χ1) is 12.9. The number of hydrogen-bond acceptors (Lipinski definition) is 5. The molecule has 3 rings (SSSR count). The second-order valence-electron chi connectivity index (χ2n) is 6.41. The Balaban J connectivity index is 1.68. The van der Waals surface area contributed by atoms with Gasteiger partial charge in [-0.1, -0.05) is 30.3 Å². The van der Waals surface area contributed by atoms with E-state index in [0.29, 0.717) is 18.7 Å². The lowest BCUT2D eigenvalue weighted by atomic mass is 10.1. The monoisotopic (exact) mass is 387 g/mol. The third-order valence-corrected chi connectivity index (χ3v) is 6.42. The highest BCUT2D eigenvalue weighted by Gasteiger charge is 2.27. The topological polar surface area (TPSA) is 80.8 Å². The first-order valence-corrected chi connectivity index (χ1v) is 10.2. The van der Waals surface area contributed by atoms with Crippen molar-refractivity contribution in [2.45, 2.75) is 30.8 Å². The van der Waals surface area contributed by atoms with Crippen molar-refractivity contribution in [3.05, 3.63) is 65.7 Å². The number of carbonyl (C=O) groups is 2. The lowest BCUT2D eigenvalue weighted by molar-refractivity contribution is 0.0318. The van der Waals surface area contributed by atoms with E-state index in [4.69, 9.17) is 4.74 Å². The molecule has 1 atom stereocenters. The van der Waals surface area contributed by atoms with Crippen LogP contribution in [0, 0.1) is 0 Å². The molecule has 7 heteroatoms. The van der Waals surface area contributed by atoms with Gasteiger partial charge in [0.1, 0.15) is 0 Å². The number of rotatable bonds is 6. The van der Waals surface area contributed by atoms with Crippen molar-refractivity contribution >= 4 is 21.8 Å². The molecule has 1 unspecified atom stereocenters. The van der Waals surface area contributed by atoms with Gasteiger partial charge in [0.15, 0.2) is 6.10 Å². The summed E-state index contributed by atoms with van der Waals surface area (Å²) in [6.07, 6.45) is 0.779. The molecule has 1 saturated heterocycles. The Morgan fingerprint density at radius 1 is 0.926 bits per heavy atom. The maximum Gasteiger partial charge on any atom is 0.338 e. The predicted molar refractivity (Wildman–Crippen MR) is 100 cm³/mol. The van der Waals surface area contributed by atoms with E-state index >= 15 is 0 Å². The quantitative estimate of drug-likeness (QED) is 0.562. The van der Waals surface area contributed by atoms with Crippen molar-refractivity contribution < 1.29 is 22.7 Å². The van der Waals surface area contributed by atoms with Crippen LogP contribution in [-0.2, 0) is 14.8 Å². The summed E-state index contributed by atoms with van der Waals surface area (Å²) in [7, 11) is -3.53. The van der Waals surface area contributed by atoms with Crippen molar-refractivity contribution in [1.29, 1.82) is 0 Å². The highest BCUT2D eigenvalue weighted by atomic mass is 32.2. The molecule has 1 heterocycles. The van der Waals surface area contributed by atoms with Gasteiger partial charge in [-0.2, -0.15) is 4.31 Å². The second kappa shape index (κ2) is 8.02. The molecule has 1 fully saturated rings. The van der Waals surface area contributed by atoms with E-state index in [2.05, 4.69) is 0 Å². The third kappa shape index (κ3) is 4.26. The van der Waals surface area contributed by atoms with Crippen LogP contribution >= 0.6 is 0 Å². The van der Waals surface area contributed by atoms with Crippen molar-refractivity contribution in [3.8, 4) is 0 Å². The smallest absolute Gasteiger partial charge is 0.338 e. The Kier molecular flexibility index (Phi) is 5.72. The van der Waals surface area contributed by atoms with Crippen LogP contribution in [0.4, 0.5) is 0 Å². The van der Waals surface area contributed by atoms with E-state index in [9.17, 15) is 18.0 Å². The Morgan fingerprint density at radius 2 is 1.52 bits per heavy atom. The summed E-state index contributed by atoms with van der Waals surface area (Å²) < 4.78 is 31.7. The Labute approximate surface area is 158 Å². The van der Waals surface area contributed by atoms with Gasteiger partial charge in [-0.15, -0.1) is 0 Å². The molecule has 0 saturated carbocycles. The van der Waals surface area contributed by atoms with Gasteiger partial charge in [-0.05, 0) is 44.0 Å². The zero-order valence-corrected chi connectivity index (χ0v) is 15.8. The van der Waals surface area contributed by atoms with Crippen LogP contribution in [0.3, 0.4) is 0 Å². The molecule has 0 N–H and O–H groups in total. The normalized spacial score (nSPS) is 16.0. The highest BCUT2D eigenvalue weighted by molar-refractivity contribution is 7.89. The number of carbonyl (C=O) groups excluding carboxylic acids is 2. The summed E-state index contributed by atoms with van der Waals surface area (Å²) in [6.45, 7) is 2.55. The van der Waals surface area contributed by atoms with Crippen LogP contribution in [-0.4, -0.2) is 43.7 Å². The predicted octanol–water partition coefficient (Wildman–Crippen LogP) is 2.90. The van der Waals surface area contributed by atoms with Gasteiger partial charge in [-0.25, -0.2) is 13.2 Å². The first-order valence-electron chi connectivity index (χ1n) is 8.80. The maximum atomic E-state index is 12.5. The van der Waals surface area contributed by atoms with Crippen LogP contribution < -0.4 is 0 Å². The molecular formula is C20H21NO5S. The minimum Gasteiger partial charge on any atom is -0.451 e. The zero-order chi connectivity index (χ0) is 19.4. The molecule has 6 nitrogen and oxygen atoms in total. The average Bonchev–Trinajstić information content (AvgIpc) is 3.24. The summed E-state index contributed by atoms with van der Waals surface area (Å²) >= 11 is 0. The Morgan fingerprint density at radius 3 is 2.11 bits per heavy atom. The number of Topliss-reactive ketones (excluding diaryl/α,β-unsaturated/α-hetero) is 1. The molecule has 2 aromatic rings. The largest absolute Gasteiger partial charge is 0.451 e. The molecule has 1 aliphatic rings. The van der Waals surface area contributed by atoms with E-state index < -0.39 is 22.1 Å². The number of hydrogen-bond donors (Lipinski definition) is 0. The molecule has 0 aliphatic carbocycles. The van der Waals surface area contributed by atoms with Gasteiger partial charge in [0, 0.05) is 18.7 Å². The average molecular weight is 387 g/mol. The first kappa shape index (κ1) is 19.3. The number of benzene rings is 2. The molecule has 2 aromatic carbocycles. The minimum absolute atomic E-state index is 0.148. The third-order valence-electron chi connectivity index (χ3n) is 4.50. The Bertz CT molecular complexity index is 917. The van der Waals surface area contributed by atoms with Crippen molar-refractivity contribution in [2.24, 2.45) is 0 Å². The SMILES string of the molecule is CC(OC(=O)c1ccc(S(=O)(=O)N2CCCC2)cc1)C(=O)c1ccccc1. The van der Waals surface area contributed by atoms with Gasteiger partial charge in [-0.3, -0.25) is 4.79 Å². The molecule has 0 spiro atoms. The molecule has 0 radical (unpaired) electrons. The summed E-state index contributed by atoms with van der Waals surface area (Å²) in [5, 5.41) is 0. The van der Waals surface area contributed by atoms with E-state index in [1.807, 2.05) is 0 Å². The fourth-order valence-electron chi connectivity index (χ4n) is 2.96. The number of ketones is 1. The van der Waals surface area contributed by atoms with Gasteiger partial charge in [0.25, 0.3) is 0 Å². The summed E-state index contributed by atoms with van der Waals surface area (Å²) in [5.41, 5.74) is 0.660. The van der Waals surface area contributed by atoms with Crippen molar-refractivity contribution in [3.63, 3.8) is 0 Å². The summed E-state index contributed by atoms with van der Waals surface area (Å²) in [4.78, 5) is 24.7. The lowest BCUT2D eigenvalue weighted by Gasteiger charge is -2.16. The van der Waals surface area contributed by atoms with Crippen molar-refractivity contribution in [2.75, 3.05) is 13.1 Å². The van der Waals surface area contributed by atoms with Gasteiger partial charge in [0.05, 0.1) is 10.5 Å². The lowest BCUT2D eigenvalue weighted by Crippen LogP contribution is -2.28. The van der Waals surface area contributed by atoms with Gasteiger partial charge in [0.2, 0.25) is 15.8 Å². The van der Waals surface area contributed by atoms with E-state index in [1.165, 1.54) is 35.5 Å². The number of nitrogens with zero attached hydrogens (tertiary/aromatic N) is 1. The molecular weight excluding hydrogens is 366 g/mol. The molecule has 142 valence electrons. The number of esters is 1. The Hall–Kier alpha value is -2.51. The van der Waals surface area contributed by atoms with Crippen LogP contribution in [0.15, 0.2) is 59.5 Å². The van der Waals surface area contributed by atoms with Crippen LogP contribution in [0.2, 0.25) is 0 Å². The fraction of sp³-hybridized carbons (Fsp3) is 0.300. The van der Waals surface area contributed by atoms with Gasteiger partial charge < -0.3 is 4.74 Å². The zero-order valence-electron chi connectivity index (χ0n) is 15.0. The van der Waals surface area contributed by atoms with Gasteiger partial charge >= 0.3 is 5.97 Å². The van der Waals surface area contributed by atoms with E-state index in [0.717, 1.165) is 12.8 Å². The maximum absolute atomic E-state index is 12.5. The van der Waals surface area contributed by atoms with Crippen LogP contribution in [0.25, 0.3) is 0 Å². The van der Waals surface area contributed by atoms with Crippen LogP contribution in [0.1, 0.15) is 40.5 Å². The molecule has 1 aliphatic heterocycles. The molecule has 0 aromatic heterocycles. The summed E-state index contributed by atoms with van der Waals surface area (Å²) in [5.74, 6) is -0.964. The van der Waals surface area contributed by atoms with E-state index in [-0.39, 0.29) is 16.2 Å². The standard InChI is InChI=1S/C20H21NO5S/c1-15(19(22)16-7-3-2-4-8-16)26-20(23)17-9-11-18(12-10-17)27(24,25)21-13-5-6-14-21/h2-4,7-12,15H,5-6,13-14H2,1H3. The van der Waals surface area contributed by atoms with Crippen molar-refractivity contribution in [1.82, 2.24) is 4.31 Å². The molecule has 0 bridgehead atoms. The fourth-order valence-corrected chi connectivity index (χ4v) is 4.48. The number of sulfonamides is 1. The van der Waals surface area contributed by atoms with Crippen LogP contribution in [0.5, 0.6) is 0 Å². The highest BCUT2D eigenvalue weighted by Crippen LogP contribution is 2.21. The molecule has 0 amide bonds.